The Bertz CT molecular complexity index is 389. The molecule has 0 aliphatic carbocycles. The SMILES string of the molecule is CCC(C#N)Oc1ccc(CC(C)=O)cc1. The molecule has 0 spiro atoms. The largest absolute Gasteiger partial charge is 0.476 e. The van der Waals surface area contributed by atoms with Crippen LogP contribution in [0.15, 0.2) is 24.3 Å². The van der Waals surface area contributed by atoms with E-state index in [4.69, 9.17) is 10.00 Å². The molecule has 0 aliphatic heterocycles. The van der Waals surface area contributed by atoms with E-state index in [0.29, 0.717) is 18.6 Å². The summed E-state index contributed by atoms with van der Waals surface area (Å²) in [5.74, 6) is 0.804. The second-order valence-corrected chi connectivity index (χ2v) is 3.67. The van der Waals surface area contributed by atoms with Crippen molar-refractivity contribution in [2.75, 3.05) is 0 Å². The quantitative estimate of drug-likeness (QED) is 0.761. The van der Waals surface area contributed by atoms with Gasteiger partial charge in [0.1, 0.15) is 17.6 Å². The van der Waals surface area contributed by atoms with Crippen LogP contribution in [0.25, 0.3) is 0 Å². The Kier molecular flexibility index (Phi) is 4.53. The van der Waals surface area contributed by atoms with Gasteiger partial charge in [-0.05, 0) is 31.0 Å². The van der Waals surface area contributed by atoms with Crippen LogP contribution in [0, 0.1) is 11.3 Å². The molecular weight excluding hydrogens is 202 g/mol. The first-order chi connectivity index (χ1) is 7.65. The van der Waals surface area contributed by atoms with Crippen LogP contribution in [0.3, 0.4) is 0 Å². The second-order valence-electron chi connectivity index (χ2n) is 3.67. The first-order valence-corrected chi connectivity index (χ1v) is 5.30. The summed E-state index contributed by atoms with van der Waals surface area (Å²) in [6.07, 6.45) is 0.695. The summed E-state index contributed by atoms with van der Waals surface area (Å²) in [6, 6.07) is 9.35. The van der Waals surface area contributed by atoms with Gasteiger partial charge in [0.2, 0.25) is 0 Å². The number of hydrogen-bond donors (Lipinski definition) is 0. The molecule has 1 rings (SSSR count). The molecule has 0 fully saturated rings. The zero-order chi connectivity index (χ0) is 12.0. The average Bonchev–Trinajstić information content (AvgIpc) is 2.27. The molecule has 1 unspecified atom stereocenters. The molecule has 0 saturated carbocycles. The molecule has 1 aromatic carbocycles. The van der Waals surface area contributed by atoms with Crippen LogP contribution < -0.4 is 4.74 Å². The predicted molar refractivity (Wildman–Crippen MR) is 61.1 cm³/mol. The molecule has 84 valence electrons. The number of nitrogens with zero attached hydrogens (tertiary/aromatic N) is 1. The third-order valence-electron chi connectivity index (χ3n) is 2.17. The van der Waals surface area contributed by atoms with Gasteiger partial charge in [-0.1, -0.05) is 19.1 Å². The molecule has 0 heterocycles. The number of rotatable bonds is 5. The van der Waals surface area contributed by atoms with Crippen LogP contribution in [0.2, 0.25) is 0 Å². The van der Waals surface area contributed by atoms with E-state index in [-0.39, 0.29) is 5.78 Å². The minimum absolute atomic E-state index is 0.136. The Morgan fingerprint density at radius 3 is 2.50 bits per heavy atom. The van der Waals surface area contributed by atoms with Gasteiger partial charge in [-0.25, -0.2) is 0 Å². The van der Waals surface area contributed by atoms with E-state index in [1.807, 2.05) is 19.1 Å². The molecule has 0 radical (unpaired) electrons. The molecule has 16 heavy (non-hydrogen) atoms. The number of ketones is 1. The maximum atomic E-state index is 10.9. The summed E-state index contributed by atoms with van der Waals surface area (Å²) in [4.78, 5) is 10.9. The highest BCUT2D eigenvalue weighted by atomic mass is 16.5. The Morgan fingerprint density at radius 2 is 2.06 bits per heavy atom. The lowest BCUT2D eigenvalue weighted by Gasteiger charge is -2.10. The van der Waals surface area contributed by atoms with Gasteiger partial charge in [0.05, 0.1) is 0 Å². The molecule has 1 aromatic rings. The maximum Gasteiger partial charge on any atom is 0.184 e. The van der Waals surface area contributed by atoms with Gasteiger partial charge >= 0.3 is 0 Å². The lowest BCUT2D eigenvalue weighted by molar-refractivity contribution is -0.116. The molecule has 3 nitrogen and oxygen atoms in total. The summed E-state index contributed by atoms with van der Waals surface area (Å²) in [5, 5.41) is 8.74. The van der Waals surface area contributed by atoms with Crippen LogP contribution in [-0.4, -0.2) is 11.9 Å². The van der Waals surface area contributed by atoms with Gasteiger partial charge in [0.25, 0.3) is 0 Å². The normalized spacial score (nSPS) is 11.6. The first-order valence-electron chi connectivity index (χ1n) is 5.30. The van der Waals surface area contributed by atoms with E-state index < -0.39 is 6.10 Å². The Balaban J connectivity index is 2.64. The highest BCUT2D eigenvalue weighted by molar-refractivity contribution is 5.78. The third kappa shape index (κ3) is 3.74. The van der Waals surface area contributed by atoms with Crippen molar-refractivity contribution >= 4 is 5.78 Å². The van der Waals surface area contributed by atoms with E-state index in [1.165, 1.54) is 0 Å². The molecular formula is C13H15NO2. The zero-order valence-electron chi connectivity index (χ0n) is 9.56. The van der Waals surface area contributed by atoms with Gasteiger partial charge in [-0.3, -0.25) is 4.79 Å². The lowest BCUT2D eigenvalue weighted by Crippen LogP contribution is -2.12. The minimum Gasteiger partial charge on any atom is -0.476 e. The molecule has 0 aliphatic rings. The molecule has 0 aromatic heterocycles. The third-order valence-corrected chi connectivity index (χ3v) is 2.17. The van der Waals surface area contributed by atoms with Gasteiger partial charge in [0, 0.05) is 6.42 Å². The van der Waals surface area contributed by atoms with E-state index >= 15 is 0 Å². The van der Waals surface area contributed by atoms with Crippen LogP contribution in [0.4, 0.5) is 0 Å². The number of Topliss-reactive ketones (excluding diaryl/α,β-unsaturated/α-hetero) is 1. The Hall–Kier alpha value is -1.82. The number of benzene rings is 1. The lowest BCUT2D eigenvalue weighted by atomic mass is 10.1. The van der Waals surface area contributed by atoms with Crippen molar-refractivity contribution in [3.63, 3.8) is 0 Å². The summed E-state index contributed by atoms with van der Waals surface area (Å²) >= 11 is 0. The van der Waals surface area contributed by atoms with Crippen molar-refractivity contribution in [1.82, 2.24) is 0 Å². The standard InChI is InChI=1S/C13H15NO2/c1-3-12(9-14)16-13-6-4-11(5-7-13)8-10(2)15/h4-7,12H,3,8H2,1-2H3. The Morgan fingerprint density at radius 1 is 1.44 bits per heavy atom. The molecule has 0 bridgehead atoms. The second kappa shape index (κ2) is 5.92. The van der Waals surface area contributed by atoms with Crippen molar-refractivity contribution in [2.24, 2.45) is 0 Å². The molecule has 0 amide bonds. The van der Waals surface area contributed by atoms with Gasteiger partial charge in [0.15, 0.2) is 6.10 Å². The number of carbonyl (C=O) groups excluding carboxylic acids is 1. The van der Waals surface area contributed by atoms with Crippen LogP contribution in [0.5, 0.6) is 5.75 Å². The summed E-state index contributed by atoms with van der Waals surface area (Å²) in [6.45, 7) is 3.46. The fraction of sp³-hybridized carbons (Fsp3) is 0.385. The highest BCUT2D eigenvalue weighted by Gasteiger charge is 2.05. The van der Waals surface area contributed by atoms with Gasteiger partial charge in [-0.15, -0.1) is 0 Å². The average molecular weight is 217 g/mol. The fourth-order valence-electron chi connectivity index (χ4n) is 1.34. The summed E-state index contributed by atoms with van der Waals surface area (Å²) in [5.41, 5.74) is 0.963. The van der Waals surface area contributed by atoms with Crippen molar-refractivity contribution < 1.29 is 9.53 Å². The van der Waals surface area contributed by atoms with E-state index in [0.717, 1.165) is 5.56 Å². The van der Waals surface area contributed by atoms with Gasteiger partial charge in [-0.2, -0.15) is 5.26 Å². The maximum absolute atomic E-state index is 10.9. The van der Waals surface area contributed by atoms with Crippen molar-refractivity contribution in [3.8, 4) is 11.8 Å². The topological polar surface area (TPSA) is 50.1 Å². The molecule has 0 saturated heterocycles. The molecule has 3 heteroatoms. The van der Waals surface area contributed by atoms with Crippen molar-refractivity contribution in [2.45, 2.75) is 32.8 Å². The smallest absolute Gasteiger partial charge is 0.184 e. The summed E-state index contributed by atoms with van der Waals surface area (Å²) in [7, 11) is 0. The monoisotopic (exact) mass is 217 g/mol. The molecule has 0 N–H and O–H groups in total. The van der Waals surface area contributed by atoms with Crippen molar-refractivity contribution in [3.05, 3.63) is 29.8 Å². The van der Waals surface area contributed by atoms with Crippen LogP contribution in [0.1, 0.15) is 25.8 Å². The number of nitriles is 1. The van der Waals surface area contributed by atoms with E-state index in [2.05, 4.69) is 6.07 Å². The summed E-state index contributed by atoms with van der Waals surface area (Å²) < 4.78 is 5.43. The molecule has 1 atom stereocenters. The van der Waals surface area contributed by atoms with Crippen molar-refractivity contribution in [1.29, 1.82) is 5.26 Å². The predicted octanol–water partition coefficient (Wildman–Crippen LogP) is 2.50. The minimum atomic E-state index is -0.404. The Labute approximate surface area is 95.7 Å². The number of hydrogen-bond acceptors (Lipinski definition) is 3. The first kappa shape index (κ1) is 12.3. The van der Waals surface area contributed by atoms with Crippen LogP contribution >= 0.6 is 0 Å². The zero-order valence-corrected chi connectivity index (χ0v) is 9.56. The number of carbonyl (C=O) groups is 1. The van der Waals surface area contributed by atoms with E-state index in [9.17, 15) is 4.79 Å². The highest BCUT2D eigenvalue weighted by Crippen LogP contribution is 2.15. The number of ether oxygens (including phenoxy) is 1. The fourth-order valence-corrected chi connectivity index (χ4v) is 1.34. The van der Waals surface area contributed by atoms with Crippen LogP contribution in [-0.2, 0) is 11.2 Å². The van der Waals surface area contributed by atoms with Gasteiger partial charge < -0.3 is 4.74 Å². The van der Waals surface area contributed by atoms with E-state index in [1.54, 1.807) is 19.1 Å².